The number of amides is 1. The van der Waals surface area contributed by atoms with Crippen molar-refractivity contribution in [2.24, 2.45) is 11.3 Å². The maximum atomic E-state index is 13.0. The fourth-order valence-corrected chi connectivity index (χ4v) is 4.32. The molecular weight excluding hydrogens is 388 g/mol. The summed E-state index contributed by atoms with van der Waals surface area (Å²) in [7, 11) is 1.65. The molecule has 2 aromatic rings. The zero-order chi connectivity index (χ0) is 22.8. The lowest BCUT2D eigenvalue weighted by molar-refractivity contribution is -0.137. The van der Waals surface area contributed by atoms with Crippen LogP contribution in [0.5, 0.6) is 11.5 Å². The van der Waals surface area contributed by atoms with Gasteiger partial charge in [0.1, 0.15) is 23.8 Å². The minimum Gasteiger partial charge on any atom is -0.495 e. The first-order chi connectivity index (χ1) is 14.6. The van der Waals surface area contributed by atoms with Crippen LogP contribution in [-0.2, 0) is 17.8 Å². The molecule has 3 rings (SSSR count). The van der Waals surface area contributed by atoms with Crippen molar-refractivity contribution in [3.63, 3.8) is 0 Å². The van der Waals surface area contributed by atoms with Gasteiger partial charge >= 0.3 is 0 Å². The molecular formula is C26H36N2O3. The second-order valence-corrected chi connectivity index (χ2v) is 10.0. The van der Waals surface area contributed by atoms with Gasteiger partial charge in [0.25, 0.3) is 0 Å². The highest BCUT2D eigenvalue weighted by Crippen LogP contribution is 2.38. The summed E-state index contributed by atoms with van der Waals surface area (Å²) >= 11 is 0. The van der Waals surface area contributed by atoms with Crippen LogP contribution in [0, 0.1) is 18.3 Å². The number of methoxy groups -OCH3 is 1. The van der Waals surface area contributed by atoms with E-state index in [1.165, 1.54) is 11.1 Å². The number of pyridine rings is 1. The Hall–Kier alpha value is -2.56. The van der Waals surface area contributed by atoms with Crippen LogP contribution >= 0.6 is 0 Å². The van der Waals surface area contributed by atoms with Gasteiger partial charge in [0.2, 0.25) is 5.91 Å². The highest BCUT2D eigenvalue weighted by Gasteiger charge is 2.34. The third-order valence-corrected chi connectivity index (χ3v) is 5.69. The Morgan fingerprint density at radius 1 is 1.23 bits per heavy atom. The van der Waals surface area contributed by atoms with Gasteiger partial charge in [0.05, 0.1) is 13.2 Å². The quantitative estimate of drug-likeness (QED) is 0.615. The van der Waals surface area contributed by atoms with Gasteiger partial charge in [-0.3, -0.25) is 9.78 Å². The van der Waals surface area contributed by atoms with Crippen molar-refractivity contribution >= 4 is 5.91 Å². The van der Waals surface area contributed by atoms with E-state index in [9.17, 15) is 4.79 Å². The lowest BCUT2D eigenvalue weighted by Gasteiger charge is -2.41. The lowest BCUT2D eigenvalue weighted by Crippen LogP contribution is -2.43. The van der Waals surface area contributed by atoms with Crippen molar-refractivity contribution in [1.29, 1.82) is 0 Å². The molecule has 0 radical (unpaired) electrons. The summed E-state index contributed by atoms with van der Waals surface area (Å²) in [5.74, 6) is 2.14. The minimum absolute atomic E-state index is 0.0124. The number of carbonyl (C=O) groups excluding carboxylic acids is 1. The normalized spacial score (nSPS) is 16.3. The van der Waals surface area contributed by atoms with Crippen LogP contribution in [0.2, 0.25) is 0 Å². The number of rotatable bonds is 6. The van der Waals surface area contributed by atoms with Crippen LogP contribution in [0.4, 0.5) is 0 Å². The van der Waals surface area contributed by atoms with E-state index in [2.05, 4.69) is 56.6 Å². The summed E-state index contributed by atoms with van der Waals surface area (Å²) in [6, 6.07) is 10.2. The second kappa shape index (κ2) is 9.29. The number of hydrogen-bond acceptors (Lipinski definition) is 4. The molecule has 0 spiro atoms. The molecule has 0 saturated carbocycles. The molecule has 31 heavy (non-hydrogen) atoms. The molecule has 2 heterocycles. The molecule has 168 valence electrons. The Bertz CT molecular complexity index is 931. The van der Waals surface area contributed by atoms with Crippen molar-refractivity contribution in [2.75, 3.05) is 13.7 Å². The van der Waals surface area contributed by atoms with Crippen molar-refractivity contribution in [3.8, 4) is 11.5 Å². The van der Waals surface area contributed by atoms with Gasteiger partial charge in [-0.15, -0.1) is 0 Å². The van der Waals surface area contributed by atoms with E-state index in [4.69, 9.17) is 9.47 Å². The van der Waals surface area contributed by atoms with E-state index in [1.54, 1.807) is 7.11 Å². The number of ether oxygens (including phenoxy) is 2. The zero-order valence-corrected chi connectivity index (χ0v) is 20.0. The zero-order valence-electron chi connectivity index (χ0n) is 20.0. The van der Waals surface area contributed by atoms with E-state index >= 15 is 0 Å². The monoisotopic (exact) mass is 424 g/mol. The maximum Gasteiger partial charge on any atom is 0.223 e. The van der Waals surface area contributed by atoms with E-state index in [0.29, 0.717) is 18.9 Å². The standard InChI is InChI=1S/C26H36N2O3/c1-17(2)25-21-10-9-20(31-16-22-23(30-7)11-8-18(3)27-22)14-19(21)12-13-28(25)24(29)15-26(4,5)6/h8-11,14,17,25H,12-13,15-16H2,1-7H3/t25-/m0/s1. The molecule has 0 N–H and O–H groups in total. The highest BCUT2D eigenvalue weighted by molar-refractivity contribution is 5.78. The molecule has 1 aliphatic heterocycles. The summed E-state index contributed by atoms with van der Waals surface area (Å²) in [6.07, 6.45) is 1.41. The van der Waals surface area contributed by atoms with Crippen LogP contribution in [0.1, 0.15) is 69.6 Å². The van der Waals surface area contributed by atoms with E-state index in [1.807, 2.05) is 25.1 Å². The topological polar surface area (TPSA) is 51.7 Å². The van der Waals surface area contributed by atoms with Crippen LogP contribution in [0.25, 0.3) is 0 Å². The molecule has 1 aliphatic rings. The van der Waals surface area contributed by atoms with Gasteiger partial charge in [-0.25, -0.2) is 0 Å². The molecule has 1 amide bonds. The SMILES string of the molecule is COc1ccc(C)nc1COc1ccc2c(c1)CCN(C(=O)CC(C)(C)C)[C@H]2C(C)C. The average molecular weight is 425 g/mol. The Morgan fingerprint density at radius 3 is 2.61 bits per heavy atom. The predicted octanol–water partition coefficient (Wildman–Crippen LogP) is 5.50. The molecule has 1 atom stereocenters. The van der Waals surface area contributed by atoms with Crippen LogP contribution < -0.4 is 9.47 Å². The predicted molar refractivity (Wildman–Crippen MR) is 123 cm³/mol. The second-order valence-electron chi connectivity index (χ2n) is 10.0. The summed E-state index contributed by atoms with van der Waals surface area (Å²) < 4.78 is 11.5. The Balaban J connectivity index is 1.79. The van der Waals surface area contributed by atoms with Crippen molar-refractivity contribution < 1.29 is 14.3 Å². The number of nitrogens with zero attached hydrogens (tertiary/aromatic N) is 2. The molecule has 1 aromatic carbocycles. The van der Waals surface area contributed by atoms with Crippen LogP contribution in [0.3, 0.4) is 0 Å². The Kier molecular flexibility index (Phi) is 6.93. The van der Waals surface area contributed by atoms with Crippen LogP contribution in [0.15, 0.2) is 30.3 Å². The molecule has 5 heteroatoms. The van der Waals surface area contributed by atoms with Gasteiger partial charge in [-0.2, -0.15) is 0 Å². The van der Waals surface area contributed by atoms with Crippen molar-refractivity contribution in [2.45, 2.75) is 67.0 Å². The maximum absolute atomic E-state index is 13.0. The number of fused-ring (bicyclic) bond motifs is 1. The average Bonchev–Trinajstić information content (AvgIpc) is 2.69. The number of aryl methyl sites for hydroxylation is 1. The van der Waals surface area contributed by atoms with E-state index < -0.39 is 0 Å². The Morgan fingerprint density at radius 2 is 1.97 bits per heavy atom. The first-order valence-electron chi connectivity index (χ1n) is 11.1. The summed E-state index contributed by atoms with van der Waals surface area (Å²) in [5, 5.41) is 0. The number of aromatic nitrogens is 1. The smallest absolute Gasteiger partial charge is 0.223 e. The highest BCUT2D eigenvalue weighted by atomic mass is 16.5. The minimum atomic E-state index is -0.0124. The molecule has 0 unspecified atom stereocenters. The Labute approximate surface area is 186 Å². The van der Waals surface area contributed by atoms with E-state index in [-0.39, 0.29) is 17.4 Å². The molecule has 0 aliphatic carbocycles. The van der Waals surface area contributed by atoms with Gasteiger partial charge in [-0.1, -0.05) is 40.7 Å². The van der Waals surface area contributed by atoms with Crippen LogP contribution in [-0.4, -0.2) is 29.4 Å². The van der Waals surface area contributed by atoms with Gasteiger partial charge in [0, 0.05) is 18.7 Å². The molecule has 0 bridgehead atoms. The first kappa shape index (κ1) is 23.1. The van der Waals surface area contributed by atoms with Crippen molar-refractivity contribution in [3.05, 3.63) is 52.8 Å². The van der Waals surface area contributed by atoms with Crippen molar-refractivity contribution in [1.82, 2.24) is 9.88 Å². The fraction of sp³-hybridized carbons (Fsp3) is 0.538. The fourth-order valence-electron chi connectivity index (χ4n) is 4.32. The lowest BCUT2D eigenvalue weighted by atomic mass is 9.84. The largest absolute Gasteiger partial charge is 0.495 e. The molecule has 0 saturated heterocycles. The molecule has 0 fully saturated rings. The number of carbonyl (C=O) groups is 1. The van der Waals surface area contributed by atoms with Gasteiger partial charge in [-0.05, 0) is 60.1 Å². The van der Waals surface area contributed by atoms with E-state index in [0.717, 1.165) is 35.9 Å². The summed E-state index contributed by atoms with van der Waals surface area (Å²) in [6.45, 7) is 13.8. The number of hydrogen-bond donors (Lipinski definition) is 0. The number of benzene rings is 1. The third kappa shape index (κ3) is 5.57. The molecule has 5 nitrogen and oxygen atoms in total. The molecule has 1 aromatic heterocycles. The summed E-state index contributed by atoms with van der Waals surface area (Å²) in [5.41, 5.74) is 4.22. The first-order valence-corrected chi connectivity index (χ1v) is 11.1. The third-order valence-electron chi connectivity index (χ3n) is 5.69. The van der Waals surface area contributed by atoms with Gasteiger partial charge < -0.3 is 14.4 Å². The summed E-state index contributed by atoms with van der Waals surface area (Å²) in [4.78, 5) is 19.7. The van der Waals surface area contributed by atoms with Gasteiger partial charge in [0.15, 0.2) is 0 Å².